The average Bonchev–Trinajstić information content (AvgIpc) is 3.83. The number of furan rings is 1. The van der Waals surface area contributed by atoms with Gasteiger partial charge >= 0.3 is 0 Å². The molecule has 0 N–H and O–H groups in total. The van der Waals surface area contributed by atoms with E-state index in [4.69, 9.17) is 19.1 Å². The maximum absolute atomic E-state index is 6.69. The Morgan fingerprint density at radius 3 is 1.83 bits per heavy atom. The SMILES string of the molecule is c1ccc(-c2cc(-c3ccc(-c4ccc5c(c4)C4(c6ccccc6O5)c5ccccc5-c5c4ccc4ccoc54)cc3)nc(-c3ccccc3)n2)cc1. The zero-order valence-electron chi connectivity index (χ0n) is 28.5. The van der Waals surface area contributed by atoms with Gasteiger partial charge in [-0.25, -0.2) is 9.97 Å². The molecular formula is C49H30N2O2. The first-order chi connectivity index (χ1) is 26.3. The van der Waals surface area contributed by atoms with Gasteiger partial charge < -0.3 is 9.15 Å². The van der Waals surface area contributed by atoms with Gasteiger partial charge in [0.2, 0.25) is 0 Å². The Balaban J connectivity index is 1.07. The van der Waals surface area contributed by atoms with E-state index in [0.29, 0.717) is 5.82 Å². The van der Waals surface area contributed by atoms with Gasteiger partial charge in [0.05, 0.1) is 23.1 Å². The normalized spacial score (nSPS) is 15.0. The highest BCUT2D eigenvalue weighted by Gasteiger charge is 2.52. The van der Waals surface area contributed by atoms with Gasteiger partial charge in [-0.15, -0.1) is 0 Å². The summed E-state index contributed by atoms with van der Waals surface area (Å²) >= 11 is 0. The van der Waals surface area contributed by atoms with Crippen LogP contribution in [0.4, 0.5) is 0 Å². The molecule has 2 aromatic heterocycles. The van der Waals surface area contributed by atoms with Gasteiger partial charge in [0.1, 0.15) is 17.1 Å². The van der Waals surface area contributed by atoms with Crippen LogP contribution in [0.1, 0.15) is 22.3 Å². The Morgan fingerprint density at radius 2 is 1.04 bits per heavy atom. The lowest BCUT2D eigenvalue weighted by atomic mass is 9.65. The van der Waals surface area contributed by atoms with Crippen LogP contribution in [0.15, 0.2) is 187 Å². The first-order valence-electron chi connectivity index (χ1n) is 17.9. The zero-order valence-corrected chi connectivity index (χ0v) is 28.5. The van der Waals surface area contributed by atoms with E-state index in [9.17, 15) is 0 Å². The third kappa shape index (κ3) is 4.42. The van der Waals surface area contributed by atoms with Crippen molar-refractivity contribution in [1.29, 1.82) is 0 Å². The number of rotatable bonds is 4. The minimum atomic E-state index is -0.588. The van der Waals surface area contributed by atoms with E-state index in [-0.39, 0.29) is 0 Å². The lowest BCUT2D eigenvalue weighted by Crippen LogP contribution is -2.32. The van der Waals surface area contributed by atoms with Crippen molar-refractivity contribution in [2.24, 2.45) is 0 Å². The van der Waals surface area contributed by atoms with E-state index in [1.54, 1.807) is 6.26 Å². The number of aromatic nitrogens is 2. The number of hydrogen-bond donors (Lipinski definition) is 0. The zero-order chi connectivity index (χ0) is 34.9. The fraction of sp³-hybridized carbons (Fsp3) is 0.0204. The summed E-state index contributed by atoms with van der Waals surface area (Å²) in [6.45, 7) is 0. The highest BCUT2D eigenvalue weighted by Crippen LogP contribution is 2.63. The first-order valence-corrected chi connectivity index (χ1v) is 17.9. The molecule has 0 bridgehead atoms. The quantitative estimate of drug-likeness (QED) is 0.186. The molecule has 1 aliphatic heterocycles. The van der Waals surface area contributed by atoms with Gasteiger partial charge in [-0.3, -0.25) is 0 Å². The van der Waals surface area contributed by atoms with Crippen LogP contribution in [-0.4, -0.2) is 9.97 Å². The Kier molecular flexibility index (Phi) is 6.43. The molecule has 11 rings (SSSR count). The molecule has 9 aromatic rings. The highest BCUT2D eigenvalue weighted by molar-refractivity contribution is 6.02. The molecule has 0 amide bonds. The summed E-state index contributed by atoms with van der Waals surface area (Å²) in [5.41, 5.74) is 14.4. The monoisotopic (exact) mass is 678 g/mol. The topological polar surface area (TPSA) is 48.2 Å². The number of nitrogens with zero attached hydrogens (tertiary/aromatic N) is 2. The van der Waals surface area contributed by atoms with E-state index >= 15 is 0 Å². The number of para-hydroxylation sites is 1. The summed E-state index contributed by atoms with van der Waals surface area (Å²) in [5, 5.41) is 1.10. The van der Waals surface area contributed by atoms with Crippen molar-refractivity contribution >= 4 is 11.0 Å². The van der Waals surface area contributed by atoms with E-state index in [0.717, 1.165) is 78.4 Å². The second-order valence-electron chi connectivity index (χ2n) is 13.7. The maximum atomic E-state index is 6.69. The molecular weight excluding hydrogens is 649 g/mol. The average molecular weight is 679 g/mol. The van der Waals surface area contributed by atoms with Crippen LogP contribution >= 0.6 is 0 Å². The predicted molar refractivity (Wildman–Crippen MR) is 211 cm³/mol. The van der Waals surface area contributed by atoms with E-state index in [1.807, 2.05) is 48.5 Å². The fourth-order valence-electron chi connectivity index (χ4n) is 8.49. The van der Waals surface area contributed by atoms with Crippen LogP contribution in [0.5, 0.6) is 11.5 Å². The molecule has 1 spiro atoms. The van der Waals surface area contributed by atoms with Crippen LogP contribution in [0, 0.1) is 0 Å². The van der Waals surface area contributed by atoms with Gasteiger partial charge in [-0.1, -0.05) is 146 Å². The Morgan fingerprint density at radius 1 is 0.415 bits per heavy atom. The summed E-state index contributed by atoms with van der Waals surface area (Å²) in [6, 6.07) is 61.6. The largest absolute Gasteiger partial charge is 0.464 e. The minimum Gasteiger partial charge on any atom is -0.464 e. The van der Waals surface area contributed by atoms with Crippen molar-refractivity contribution in [1.82, 2.24) is 9.97 Å². The number of hydrogen-bond acceptors (Lipinski definition) is 4. The molecule has 248 valence electrons. The molecule has 0 saturated heterocycles. The predicted octanol–water partition coefficient (Wildman–Crippen LogP) is 12.4. The van der Waals surface area contributed by atoms with Gasteiger partial charge in [0.25, 0.3) is 0 Å². The molecule has 1 unspecified atom stereocenters. The lowest BCUT2D eigenvalue weighted by molar-refractivity contribution is 0.436. The highest BCUT2D eigenvalue weighted by atomic mass is 16.5. The first kappa shape index (κ1) is 29.7. The van der Waals surface area contributed by atoms with Crippen LogP contribution in [0.25, 0.3) is 67.1 Å². The third-order valence-corrected chi connectivity index (χ3v) is 10.9. The van der Waals surface area contributed by atoms with Crippen molar-refractivity contribution in [2.45, 2.75) is 5.41 Å². The van der Waals surface area contributed by atoms with Gasteiger partial charge in [-0.05, 0) is 58.1 Å². The number of ether oxygens (including phenoxy) is 1. The lowest BCUT2D eigenvalue weighted by Gasteiger charge is -2.39. The van der Waals surface area contributed by atoms with E-state index in [1.165, 1.54) is 16.7 Å². The third-order valence-electron chi connectivity index (χ3n) is 10.9. The molecule has 4 nitrogen and oxygen atoms in total. The molecule has 0 saturated carbocycles. The second kappa shape index (κ2) is 11.5. The summed E-state index contributed by atoms with van der Waals surface area (Å²) < 4.78 is 12.9. The van der Waals surface area contributed by atoms with Crippen LogP contribution in [0.2, 0.25) is 0 Å². The molecule has 1 aliphatic carbocycles. The number of fused-ring (bicyclic) bond motifs is 11. The molecule has 1 atom stereocenters. The van der Waals surface area contributed by atoms with Crippen LogP contribution in [0.3, 0.4) is 0 Å². The van der Waals surface area contributed by atoms with Crippen molar-refractivity contribution in [3.63, 3.8) is 0 Å². The summed E-state index contributed by atoms with van der Waals surface area (Å²) in [4.78, 5) is 10.0. The molecule has 4 heteroatoms. The number of benzene rings is 7. The summed E-state index contributed by atoms with van der Waals surface area (Å²) in [7, 11) is 0. The van der Waals surface area contributed by atoms with Crippen molar-refractivity contribution in [2.75, 3.05) is 0 Å². The smallest absolute Gasteiger partial charge is 0.160 e. The second-order valence-corrected chi connectivity index (χ2v) is 13.7. The molecule has 53 heavy (non-hydrogen) atoms. The van der Waals surface area contributed by atoms with Gasteiger partial charge in [-0.2, -0.15) is 0 Å². The van der Waals surface area contributed by atoms with Crippen molar-refractivity contribution in [3.8, 4) is 67.7 Å². The maximum Gasteiger partial charge on any atom is 0.160 e. The Bertz CT molecular complexity index is 2800. The van der Waals surface area contributed by atoms with E-state index < -0.39 is 5.41 Å². The molecule has 0 fully saturated rings. The summed E-state index contributed by atoms with van der Waals surface area (Å²) in [5.74, 6) is 2.43. The van der Waals surface area contributed by atoms with Crippen molar-refractivity contribution in [3.05, 3.63) is 204 Å². The minimum absolute atomic E-state index is 0.588. The van der Waals surface area contributed by atoms with Crippen molar-refractivity contribution < 1.29 is 9.15 Å². The summed E-state index contributed by atoms with van der Waals surface area (Å²) in [6.07, 6.45) is 1.79. The van der Waals surface area contributed by atoms with Crippen LogP contribution < -0.4 is 4.74 Å². The van der Waals surface area contributed by atoms with Gasteiger partial charge in [0.15, 0.2) is 5.82 Å². The van der Waals surface area contributed by atoms with E-state index in [2.05, 4.69) is 127 Å². The van der Waals surface area contributed by atoms with Gasteiger partial charge in [0, 0.05) is 38.8 Å². The molecule has 3 heterocycles. The Labute approximate surface area is 306 Å². The molecule has 7 aromatic carbocycles. The standard InChI is InChI=1S/C49H30N2O2/c1-3-11-32(12-4-1)42-30-43(51-48(50-42)35-13-5-2-6-14-35)33-21-19-31(20-22-33)36-24-26-45-41(29-36)49(39-17-9-10-18-44(39)53-45)38-16-8-7-15-37(38)46-40(49)25-23-34-27-28-52-47(34)46/h1-30H. The fourth-order valence-corrected chi connectivity index (χ4v) is 8.49. The molecule has 0 radical (unpaired) electrons. The molecule has 2 aliphatic rings. The van der Waals surface area contributed by atoms with Crippen LogP contribution in [-0.2, 0) is 5.41 Å². The Hall–Kier alpha value is -7.04.